The van der Waals surface area contributed by atoms with Gasteiger partial charge in [0.05, 0.1) is 7.11 Å². The molecule has 3 N–H and O–H groups in total. The van der Waals surface area contributed by atoms with Crippen LogP contribution in [0.25, 0.3) is 0 Å². The number of nitrogens with one attached hydrogen (secondary N) is 1. The highest BCUT2D eigenvalue weighted by Crippen LogP contribution is 2.06. The maximum atomic E-state index is 11.8. The first-order valence-corrected chi connectivity index (χ1v) is 7.22. The fraction of sp³-hybridized carbons (Fsp3) is 0.900. The van der Waals surface area contributed by atoms with E-state index < -0.39 is 21.2 Å². The van der Waals surface area contributed by atoms with E-state index in [0.717, 1.165) is 20.0 Å². The highest BCUT2D eigenvalue weighted by atomic mass is 32.2. The van der Waals surface area contributed by atoms with Crippen molar-refractivity contribution < 1.29 is 17.9 Å². The van der Waals surface area contributed by atoms with E-state index in [-0.39, 0.29) is 12.6 Å². The second-order valence-electron chi connectivity index (χ2n) is 3.90. The number of carbonyl (C=O) groups is 1. The summed E-state index contributed by atoms with van der Waals surface area (Å²) in [6, 6.07) is -0.327. The summed E-state index contributed by atoms with van der Waals surface area (Å²) in [5.41, 5.74) is 5.49. The Bertz CT molecular complexity index is 329. The van der Waals surface area contributed by atoms with Crippen LogP contribution in [0.5, 0.6) is 0 Å². The van der Waals surface area contributed by atoms with Gasteiger partial charge < -0.3 is 10.5 Å². The minimum atomic E-state index is -3.72. The van der Waals surface area contributed by atoms with Gasteiger partial charge in [-0.2, -0.15) is 0 Å². The van der Waals surface area contributed by atoms with Crippen LogP contribution in [0.4, 0.5) is 0 Å². The van der Waals surface area contributed by atoms with Crippen LogP contribution in [-0.4, -0.2) is 39.3 Å². The number of sulfonamides is 1. The number of hydrogen-bond acceptors (Lipinski definition) is 5. The van der Waals surface area contributed by atoms with Crippen molar-refractivity contribution in [3.05, 3.63) is 0 Å². The molecule has 0 aliphatic heterocycles. The third kappa shape index (κ3) is 5.47. The fourth-order valence-electron chi connectivity index (χ4n) is 1.30. The molecule has 0 amide bonds. The highest BCUT2D eigenvalue weighted by molar-refractivity contribution is 7.90. The van der Waals surface area contributed by atoms with E-state index in [0.29, 0.717) is 6.42 Å². The number of rotatable bonds is 8. The Labute approximate surface area is 103 Å². The molecule has 0 aromatic carbocycles. The predicted molar refractivity (Wildman–Crippen MR) is 65.9 cm³/mol. The van der Waals surface area contributed by atoms with Gasteiger partial charge in [-0.1, -0.05) is 19.8 Å². The lowest BCUT2D eigenvalue weighted by atomic mass is 10.1. The van der Waals surface area contributed by atoms with Gasteiger partial charge in [0, 0.05) is 12.6 Å². The van der Waals surface area contributed by atoms with Gasteiger partial charge in [0.1, 0.15) is 0 Å². The van der Waals surface area contributed by atoms with E-state index in [1.807, 2.05) is 6.92 Å². The molecule has 2 unspecified atom stereocenters. The first kappa shape index (κ1) is 16.3. The molecule has 0 saturated heterocycles. The van der Waals surface area contributed by atoms with Crippen molar-refractivity contribution in [1.29, 1.82) is 0 Å². The van der Waals surface area contributed by atoms with Gasteiger partial charge in [-0.15, -0.1) is 0 Å². The van der Waals surface area contributed by atoms with Crippen LogP contribution in [0.3, 0.4) is 0 Å². The SMILES string of the molecule is CCCCC(CN)NS(=O)(=O)C(C)C(=O)OC. The van der Waals surface area contributed by atoms with Crippen molar-refractivity contribution in [1.82, 2.24) is 4.72 Å². The molecule has 2 atom stereocenters. The van der Waals surface area contributed by atoms with Crippen molar-refractivity contribution in [3.8, 4) is 0 Å². The molecule has 7 heteroatoms. The molecule has 0 bridgehead atoms. The predicted octanol–water partition coefficient (Wildman–Crippen LogP) is -0.0152. The summed E-state index contributed by atoms with van der Waals surface area (Å²) in [4.78, 5) is 11.2. The van der Waals surface area contributed by atoms with Crippen LogP contribution in [0.1, 0.15) is 33.1 Å². The van der Waals surface area contributed by atoms with Gasteiger partial charge in [0.25, 0.3) is 0 Å². The topological polar surface area (TPSA) is 98.5 Å². The Morgan fingerprint density at radius 2 is 2.06 bits per heavy atom. The fourth-order valence-corrected chi connectivity index (χ4v) is 2.53. The largest absolute Gasteiger partial charge is 0.468 e. The first-order valence-electron chi connectivity index (χ1n) is 5.68. The molecule has 102 valence electrons. The van der Waals surface area contributed by atoms with Gasteiger partial charge in [0.2, 0.25) is 10.0 Å². The summed E-state index contributed by atoms with van der Waals surface area (Å²) in [6.07, 6.45) is 2.52. The molecular formula is C10H22N2O4S. The van der Waals surface area contributed by atoms with Crippen LogP contribution < -0.4 is 10.5 Å². The van der Waals surface area contributed by atoms with Crippen LogP contribution in [0.2, 0.25) is 0 Å². The Kier molecular flexibility index (Phi) is 7.33. The number of hydrogen-bond donors (Lipinski definition) is 2. The van der Waals surface area contributed by atoms with Crippen LogP contribution in [0.15, 0.2) is 0 Å². The molecular weight excluding hydrogens is 244 g/mol. The number of ether oxygens (including phenoxy) is 1. The average Bonchev–Trinajstić information content (AvgIpc) is 2.32. The summed E-state index contributed by atoms with van der Waals surface area (Å²) in [5, 5.41) is -1.22. The first-order chi connectivity index (χ1) is 7.88. The molecule has 0 aliphatic rings. The average molecular weight is 266 g/mol. The maximum absolute atomic E-state index is 11.8. The summed E-state index contributed by atoms with van der Waals surface area (Å²) < 4.78 is 30.4. The lowest BCUT2D eigenvalue weighted by molar-refractivity contribution is -0.139. The number of unbranched alkanes of at least 4 members (excludes halogenated alkanes) is 1. The molecule has 0 spiro atoms. The molecule has 0 aromatic heterocycles. The monoisotopic (exact) mass is 266 g/mol. The number of carbonyl (C=O) groups excluding carboxylic acids is 1. The van der Waals surface area contributed by atoms with Crippen molar-refractivity contribution in [2.24, 2.45) is 5.73 Å². The maximum Gasteiger partial charge on any atom is 0.325 e. The van der Waals surface area contributed by atoms with Crippen LogP contribution in [-0.2, 0) is 19.6 Å². The van der Waals surface area contributed by atoms with Gasteiger partial charge >= 0.3 is 5.97 Å². The molecule has 0 rings (SSSR count). The lowest BCUT2D eigenvalue weighted by Gasteiger charge is -2.19. The molecule has 0 fully saturated rings. The standard InChI is InChI=1S/C10H22N2O4S/c1-4-5-6-9(7-11)12-17(14,15)8(2)10(13)16-3/h8-9,12H,4-7,11H2,1-3H3. The number of nitrogens with two attached hydrogens (primary N) is 1. The third-order valence-electron chi connectivity index (χ3n) is 2.52. The van der Waals surface area contributed by atoms with Crippen LogP contribution in [0, 0.1) is 0 Å². The van der Waals surface area contributed by atoms with E-state index in [2.05, 4.69) is 9.46 Å². The molecule has 17 heavy (non-hydrogen) atoms. The molecule has 6 nitrogen and oxygen atoms in total. The summed E-state index contributed by atoms with van der Waals surface area (Å²) in [6.45, 7) is 3.52. The zero-order valence-electron chi connectivity index (χ0n) is 10.6. The Balaban J connectivity index is 4.55. The number of methoxy groups -OCH3 is 1. The minimum absolute atomic E-state index is 0.215. The van der Waals surface area contributed by atoms with Crippen molar-refractivity contribution in [2.45, 2.75) is 44.4 Å². The van der Waals surface area contributed by atoms with Crippen molar-refractivity contribution in [3.63, 3.8) is 0 Å². The smallest absolute Gasteiger partial charge is 0.325 e. The van der Waals surface area contributed by atoms with Gasteiger partial charge in [-0.25, -0.2) is 13.1 Å². The zero-order chi connectivity index (χ0) is 13.5. The quantitative estimate of drug-likeness (QED) is 0.602. The second kappa shape index (κ2) is 7.62. The molecule has 0 aromatic rings. The van der Waals surface area contributed by atoms with E-state index in [4.69, 9.17) is 5.73 Å². The van der Waals surface area contributed by atoms with E-state index in [1.165, 1.54) is 6.92 Å². The third-order valence-corrected chi connectivity index (χ3v) is 4.31. The minimum Gasteiger partial charge on any atom is -0.468 e. The van der Waals surface area contributed by atoms with Gasteiger partial charge in [-0.3, -0.25) is 4.79 Å². The van der Waals surface area contributed by atoms with Gasteiger partial charge in [0.15, 0.2) is 5.25 Å². The van der Waals surface area contributed by atoms with Gasteiger partial charge in [-0.05, 0) is 13.3 Å². The van der Waals surface area contributed by atoms with E-state index >= 15 is 0 Å². The Morgan fingerprint density at radius 1 is 1.47 bits per heavy atom. The molecule has 0 radical (unpaired) electrons. The van der Waals surface area contributed by atoms with Crippen LogP contribution >= 0.6 is 0 Å². The van der Waals surface area contributed by atoms with Crippen molar-refractivity contribution in [2.75, 3.05) is 13.7 Å². The number of esters is 1. The highest BCUT2D eigenvalue weighted by Gasteiger charge is 2.30. The summed E-state index contributed by atoms with van der Waals surface area (Å²) in [7, 11) is -2.56. The normalized spacial score (nSPS) is 15.3. The van der Waals surface area contributed by atoms with Crippen molar-refractivity contribution >= 4 is 16.0 Å². The van der Waals surface area contributed by atoms with E-state index in [1.54, 1.807) is 0 Å². The molecule has 0 saturated carbocycles. The zero-order valence-corrected chi connectivity index (χ0v) is 11.4. The summed E-state index contributed by atoms with van der Waals surface area (Å²) >= 11 is 0. The van der Waals surface area contributed by atoms with E-state index in [9.17, 15) is 13.2 Å². The Hall–Kier alpha value is -0.660. The second-order valence-corrected chi connectivity index (χ2v) is 5.94. The molecule has 0 heterocycles. The lowest BCUT2D eigenvalue weighted by Crippen LogP contribution is -2.46. The summed E-state index contributed by atoms with van der Waals surface area (Å²) in [5.74, 6) is -0.774. The molecule has 0 aliphatic carbocycles. The Morgan fingerprint density at radius 3 is 2.47 bits per heavy atom.